The molecule has 3 nitrogen and oxygen atoms in total. The Balaban J connectivity index is 2.44. The number of anilines is 1. The summed E-state index contributed by atoms with van der Waals surface area (Å²) < 4.78 is 6.87. The first-order valence-electron chi connectivity index (χ1n) is 3.39. The summed E-state index contributed by atoms with van der Waals surface area (Å²) in [7, 11) is 0. The third-order valence-corrected chi connectivity index (χ3v) is 1.89. The number of hydrogen-bond acceptors (Lipinski definition) is 3. The lowest BCUT2D eigenvalue weighted by atomic mass is 10.4. The molecular weight excluding hydrogens is 164 g/mol. The Morgan fingerprint density at radius 2 is 2.55 bits per heavy atom. The summed E-state index contributed by atoms with van der Waals surface area (Å²) in [5.74, 6) is 0.619. The van der Waals surface area contributed by atoms with E-state index >= 15 is 0 Å². The van der Waals surface area contributed by atoms with Gasteiger partial charge in [0.25, 0.3) is 0 Å². The van der Waals surface area contributed by atoms with E-state index in [1.165, 1.54) is 0 Å². The van der Waals surface area contributed by atoms with Crippen molar-refractivity contribution in [1.29, 1.82) is 0 Å². The van der Waals surface area contributed by atoms with Crippen molar-refractivity contribution in [3.8, 4) is 5.88 Å². The van der Waals surface area contributed by atoms with Crippen molar-refractivity contribution < 1.29 is 4.74 Å². The maximum absolute atomic E-state index is 5.86. The molecule has 1 aromatic rings. The second kappa shape index (κ2) is 2.58. The van der Waals surface area contributed by atoms with Crippen molar-refractivity contribution in [1.82, 2.24) is 4.98 Å². The van der Waals surface area contributed by atoms with Crippen molar-refractivity contribution in [3.63, 3.8) is 0 Å². The summed E-state index contributed by atoms with van der Waals surface area (Å²) in [5.41, 5.74) is 0.848. The molecule has 0 radical (unpaired) electrons. The monoisotopic (exact) mass is 170 g/mol. The molecule has 1 aliphatic rings. The quantitative estimate of drug-likeness (QED) is 0.551. The van der Waals surface area contributed by atoms with Crippen LogP contribution in [-0.4, -0.2) is 18.1 Å². The predicted molar refractivity (Wildman–Crippen MR) is 42.9 cm³/mol. The van der Waals surface area contributed by atoms with Crippen molar-refractivity contribution >= 4 is 17.5 Å². The third kappa shape index (κ3) is 1.12. The Morgan fingerprint density at radius 1 is 1.64 bits per heavy atom. The SMILES string of the molecule is ClN1CCOc2ncccc21. The van der Waals surface area contributed by atoms with Gasteiger partial charge in [0.1, 0.15) is 12.3 Å². The molecule has 0 aromatic carbocycles. The van der Waals surface area contributed by atoms with Crippen LogP contribution in [0.15, 0.2) is 18.3 Å². The lowest BCUT2D eigenvalue weighted by Gasteiger charge is -2.23. The van der Waals surface area contributed by atoms with Gasteiger partial charge >= 0.3 is 0 Å². The molecule has 0 amide bonds. The van der Waals surface area contributed by atoms with Gasteiger partial charge in [-0.2, -0.15) is 0 Å². The third-order valence-electron chi connectivity index (χ3n) is 1.54. The average molecular weight is 171 g/mol. The first-order chi connectivity index (χ1) is 5.38. The van der Waals surface area contributed by atoms with E-state index in [1.54, 1.807) is 10.6 Å². The van der Waals surface area contributed by atoms with Crippen LogP contribution in [-0.2, 0) is 0 Å². The highest BCUT2D eigenvalue weighted by Crippen LogP contribution is 2.29. The summed E-state index contributed by atoms with van der Waals surface area (Å²) >= 11 is 5.86. The normalized spacial score (nSPS) is 15.5. The van der Waals surface area contributed by atoms with Crippen LogP contribution in [0.2, 0.25) is 0 Å². The van der Waals surface area contributed by atoms with Gasteiger partial charge in [-0.05, 0) is 12.1 Å². The highest BCUT2D eigenvalue weighted by molar-refractivity contribution is 6.26. The minimum atomic E-state index is 0.605. The van der Waals surface area contributed by atoms with Crippen LogP contribution in [0.5, 0.6) is 5.88 Å². The Morgan fingerprint density at radius 3 is 3.36 bits per heavy atom. The van der Waals surface area contributed by atoms with E-state index in [1.807, 2.05) is 12.1 Å². The lowest BCUT2D eigenvalue weighted by Crippen LogP contribution is -2.24. The lowest BCUT2D eigenvalue weighted by molar-refractivity contribution is 0.304. The minimum absolute atomic E-state index is 0.605. The largest absolute Gasteiger partial charge is 0.474 e. The van der Waals surface area contributed by atoms with Crippen LogP contribution in [0.1, 0.15) is 0 Å². The molecule has 0 unspecified atom stereocenters. The van der Waals surface area contributed by atoms with Gasteiger partial charge in [-0.15, -0.1) is 0 Å². The fourth-order valence-corrected chi connectivity index (χ4v) is 1.22. The van der Waals surface area contributed by atoms with Gasteiger partial charge in [-0.3, -0.25) is 4.42 Å². The fraction of sp³-hybridized carbons (Fsp3) is 0.286. The molecule has 0 atom stereocenters. The van der Waals surface area contributed by atoms with Gasteiger partial charge in [-0.25, -0.2) is 4.98 Å². The smallest absolute Gasteiger partial charge is 0.238 e. The number of hydrogen-bond donors (Lipinski definition) is 0. The maximum Gasteiger partial charge on any atom is 0.238 e. The van der Waals surface area contributed by atoms with Crippen molar-refractivity contribution in [2.24, 2.45) is 0 Å². The topological polar surface area (TPSA) is 25.4 Å². The number of halogens is 1. The predicted octanol–water partition coefficient (Wildman–Crippen LogP) is 1.43. The number of fused-ring (bicyclic) bond motifs is 1. The molecule has 0 bridgehead atoms. The number of pyridine rings is 1. The van der Waals surface area contributed by atoms with Gasteiger partial charge in [-0.1, -0.05) is 0 Å². The van der Waals surface area contributed by atoms with Gasteiger partial charge < -0.3 is 4.74 Å². The van der Waals surface area contributed by atoms with Crippen molar-refractivity contribution in [3.05, 3.63) is 18.3 Å². The Kier molecular flexibility index (Phi) is 1.58. The van der Waals surface area contributed by atoms with Crippen molar-refractivity contribution in [2.45, 2.75) is 0 Å². The maximum atomic E-state index is 5.86. The van der Waals surface area contributed by atoms with Gasteiger partial charge in [0, 0.05) is 18.0 Å². The van der Waals surface area contributed by atoms with Crippen LogP contribution in [0.4, 0.5) is 5.69 Å². The summed E-state index contributed by atoms with van der Waals surface area (Å²) in [5, 5.41) is 0. The van der Waals surface area contributed by atoms with E-state index in [0.29, 0.717) is 19.0 Å². The van der Waals surface area contributed by atoms with E-state index in [2.05, 4.69) is 4.98 Å². The van der Waals surface area contributed by atoms with Crippen LogP contribution in [0.3, 0.4) is 0 Å². The van der Waals surface area contributed by atoms with Crippen LogP contribution < -0.4 is 9.16 Å². The average Bonchev–Trinajstić information content (AvgIpc) is 2.06. The van der Waals surface area contributed by atoms with E-state index in [-0.39, 0.29) is 0 Å². The van der Waals surface area contributed by atoms with Gasteiger partial charge in [0.05, 0.1) is 6.54 Å². The van der Waals surface area contributed by atoms with Crippen LogP contribution in [0, 0.1) is 0 Å². The molecule has 0 aliphatic carbocycles. The van der Waals surface area contributed by atoms with E-state index in [9.17, 15) is 0 Å². The molecule has 0 N–H and O–H groups in total. The molecule has 0 fully saturated rings. The number of nitrogens with zero attached hydrogens (tertiary/aromatic N) is 2. The Hall–Kier alpha value is -0.960. The number of ether oxygens (including phenoxy) is 1. The summed E-state index contributed by atoms with van der Waals surface area (Å²) in [6, 6.07) is 3.72. The fourth-order valence-electron chi connectivity index (χ4n) is 1.02. The molecule has 11 heavy (non-hydrogen) atoms. The van der Waals surface area contributed by atoms with Crippen LogP contribution >= 0.6 is 11.8 Å². The van der Waals surface area contributed by atoms with Gasteiger partial charge in [0.15, 0.2) is 0 Å². The molecule has 0 saturated carbocycles. The molecule has 2 rings (SSSR count). The van der Waals surface area contributed by atoms with Gasteiger partial charge in [0.2, 0.25) is 5.88 Å². The van der Waals surface area contributed by atoms with E-state index in [0.717, 1.165) is 5.69 Å². The first kappa shape index (κ1) is 6.73. The number of rotatable bonds is 0. The minimum Gasteiger partial charge on any atom is -0.474 e. The molecule has 0 spiro atoms. The summed E-state index contributed by atoms with van der Waals surface area (Å²) in [6.45, 7) is 1.31. The zero-order valence-corrected chi connectivity index (χ0v) is 6.58. The molecule has 1 aromatic heterocycles. The highest BCUT2D eigenvalue weighted by Gasteiger charge is 2.15. The second-order valence-electron chi connectivity index (χ2n) is 2.26. The summed E-state index contributed by atoms with van der Waals surface area (Å²) in [6.07, 6.45) is 1.69. The second-order valence-corrected chi connectivity index (χ2v) is 2.67. The molecule has 2 heterocycles. The first-order valence-corrected chi connectivity index (χ1v) is 3.73. The molecule has 58 valence electrons. The van der Waals surface area contributed by atoms with E-state index in [4.69, 9.17) is 16.5 Å². The van der Waals surface area contributed by atoms with Crippen molar-refractivity contribution in [2.75, 3.05) is 17.6 Å². The molecular formula is C7H7ClN2O. The molecule has 0 saturated heterocycles. The van der Waals surface area contributed by atoms with Crippen LogP contribution in [0.25, 0.3) is 0 Å². The zero-order valence-electron chi connectivity index (χ0n) is 5.83. The summed E-state index contributed by atoms with van der Waals surface area (Å²) in [4.78, 5) is 4.02. The Labute approximate surface area is 69.7 Å². The Bertz CT molecular complexity index is 266. The molecule has 4 heteroatoms. The molecule has 1 aliphatic heterocycles. The number of aromatic nitrogens is 1. The standard InChI is InChI=1S/C7H7ClN2O/c8-10-4-5-11-7-6(10)2-1-3-9-7/h1-3H,4-5H2. The van der Waals surface area contributed by atoms with E-state index < -0.39 is 0 Å². The highest BCUT2D eigenvalue weighted by atomic mass is 35.5. The zero-order chi connectivity index (χ0) is 7.68.